The molecule has 1 aromatic rings. The Hall–Kier alpha value is -0.830. The molecule has 0 aliphatic rings. The summed E-state index contributed by atoms with van der Waals surface area (Å²) < 4.78 is 1.95. The average Bonchev–Trinajstić information content (AvgIpc) is 2.57. The predicted octanol–water partition coefficient (Wildman–Crippen LogP) is 3.84. The Morgan fingerprint density at radius 1 is 1.11 bits per heavy atom. The highest BCUT2D eigenvalue weighted by atomic mass is 15.3. The van der Waals surface area contributed by atoms with Crippen LogP contribution in [0, 0.1) is 18.8 Å². The minimum Gasteiger partial charge on any atom is -0.307 e. The van der Waals surface area contributed by atoms with Gasteiger partial charge in [-0.2, -0.15) is 5.10 Å². The van der Waals surface area contributed by atoms with Gasteiger partial charge in [-0.1, -0.05) is 27.7 Å². The molecule has 3 nitrogen and oxygen atoms in total. The van der Waals surface area contributed by atoms with E-state index in [0.29, 0.717) is 12.1 Å². The van der Waals surface area contributed by atoms with E-state index < -0.39 is 0 Å². The Morgan fingerprint density at radius 3 is 2.00 bits per heavy atom. The van der Waals surface area contributed by atoms with E-state index in [0.717, 1.165) is 11.8 Å². The van der Waals surface area contributed by atoms with Crippen LogP contribution < -0.4 is 5.32 Å². The molecule has 1 N–H and O–H groups in total. The van der Waals surface area contributed by atoms with Gasteiger partial charge in [0.25, 0.3) is 0 Å². The van der Waals surface area contributed by atoms with Crippen LogP contribution in [-0.4, -0.2) is 15.8 Å². The first kappa shape index (κ1) is 16.2. The molecule has 0 radical (unpaired) electrons. The molecule has 0 aliphatic heterocycles. The number of aryl methyl sites for hydroxylation is 1. The van der Waals surface area contributed by atoms with Gasteiger partial charge in [-0.05, 0) is 38.5 Å². The molecule has 19 heavy (non-hydrogen) atoms. The first-order chi connectivity index (χ1) is 8.81. The number of hydrogen-bond acceptors (Lipinski definition) is 2. The van der Waals surface area contributed by atoms with Crippen LogP contribution in [0.15, 0.2) is 6.20 Å². The highest BCUT2D eigenvalue weighted by Gasteiger charge is 2.18. The fraction of sp³-hybridized carbons (Fsp3) is 0.812. The maximum atomic E-state index is 4.34. The van der Waals surface area contributed by atoms with Gasteiger partial charge in [0.1, 0.15) is 0 Å². The molecule has 0 fully saturated rings. The molecule has 110 valence electrons. The van der Waals surface area contributed by atoms with Crippen molar-refractivity contribution < 1.29 is 0 Å². The van der Waals surface area contributed by atoms with Crippen LogP contribution in [0.5, 0.6) is 0 Å². The van der Waals surface area contributed by atoms with Gasteiger partial charge in [0, 0.05) is 30.4 Å². The van der Waals surface area contributed by atoms with E-state index in [1.54, 1.807) is 0 Å². The van der Waals surface area contributed by atoms with Crippen LogP contribution in [0.4, 0.5) is 0 Å². The van der Waals surface area contributed by atoms with Gasteiger partial charge >= 0.3 is 0 Å². The van der Waals surface area contributed by atoms with Crippen LogP contribution in [0.1, 0.15) is 64.8 Å². The summed E-state index contributed by atoms with van der Waals surface area (Å²) in [4.78, 5) is 0. The monoisotopic (exact) mass is 265 g/mol. The molecule has 1 unspecified atom stereocenters. The van der Waals surface area contributed by atoms with E-state index in [1.165, 1.54) is 24.1 Å². The molecular weight excluding hydrogens is 234 g/mol. The van der Waals surface area contributed by atoms with Crippen LogP contribution in [-0.2, 0) is 7.05 Å². The average molecular weight is 265 g/mol. The van der Waals surface area contributed by atoms with E-state index in [-0.39, 0.29) is 0 Å². The summed E-state index contributed by atoms with van der Waals surface area (Å²) in [6, 6.07) is 0.964. The first-order valence-corrected chi connectivity index (χ1v) is 7.55. The van der Waals surface area contributed by atoms with Gasteiger partial charge in [-0.15, -0.1) is 0 Å². The Labute approximate surface area is 118 Å². The van der Waals surface area contributed by atoms with Gasteiger partial charge in [-0.25, -0.2) is 0 Å². The standard InChI is InChI=1S/C16H31N3/c1-11(2)8-15(9-12(3)4)18-13(5)16-10-17-19(7)14(16)6/h10-13,15,18H,8-9H2,1-7H3. The summed E-state index contributed by atoms with van der Waals surface area (Å²) in [6.45, 7) is 13.6. The molecular formula is C16H31N3. The lowest BCUT2D eigenvalue weighted by molar-refractivity contribution is 0.335. The van der Waals surface area contributed by atoms with Crippen molar-refractivity contribution in [1.29, 1.82) is 0 Å². The topological polar surface area (TPSA) is 29.9 Å². The Kier molecular flexibility index (Phi) is 6.05. The zero-order chi connectivity index (χ0) is 14.6. The zero-order valence-electron chi connectivity index (χ0n) is 13.7. The molecule has 0 saturated carbocycles. The normalized spacial score (nSPS) is 13.8. The van der Waals surface area contributed by atoms with Crippen molar-refractivity contribution >= 4 is 0 Å². The van der Waals surface area contributed by atoms with E-state index in [1.807, 2.05) is 17.9 Å². The molecule has 0 aromatic carbocycles. The van der Waals surface area contributed by atoms with E-state index in [2.05, 4.69) is 52.0 Å². The number of aromatic nitrogens is 2. The molecule has 0 saturated heterocycles. The highest BCUT2D eigenvalue weighted by molar-refractivity contribution is 5.19. The largest absolute Gasteiger partial charge is 0.307 e. The van der Waals surface area contributed by atoms with Crippen molar-refractivity contribution in [2.24, 2.45) is 18.9 Å². The van der Waals surface area contributed by atoms with Crippen molar-refractivity contribution in [3.05, 3.63) is 17.5 Å². The number of nitrogens with zero attached hydrogens (tertiary/aromatic N) is 2. The third-order valence-electron chi connectivity index (χ3n) is 3.74. The maximum absolute atomic E-state index is 4.34. The lowest BCUT2D eigenvalue weighted by Crippen LogP contribution is -2.34. The second-order valence-electron chi connectivity index (χ2n) is 6.65. The van der Waals surface area contributed by atoms with Gasteiger partial charge in [0.2, 0.25) is 0 Å². The quantitative estimate of drug-likeness (QED) is 0.812. The van der Waals surface area contributed by atoms with Crippen LogP contribution in [0.2, 0.25) is 0 Å². The van der Waals surface area contributed by atoms with Gasteiger partial charge in [-0.3, -0.25) is 4.68 Å². The summed E-state index contributed by atoms with van der Waals surface area (Å²) in [5.41, 5.74) is 2.58. The second-order valence-corrected chi connectivity index (χ2v) is 6.65. The van der Waals surface area contributed by atoms with Crippen LogP contribution in [0.25, 0.3) is 0 Å². The van der Waals surface area contributed by atoms with E-state index in [9.17, 15) is 0 Å². The summed E-state index contributed by atoms with van der Waals surface area (Å²) in [7, 11) is 2.01. The van der Waals surface area contributed by atoms with Crippen molar-refractivity contribution in [3.8, 4) is 0 Å². The number of nitrogens with one attached hydrogen (secondary N) is 1. The zero-order valence-corrected chi connectivity index (χ0v) is 13.7. The summed E-state index contributed by atoms with van der Waals surface area (Å²) in [6.07, 6.45) is 4.47. The molecule has 0 bridgehead atoms. The fourth-order valence-electron chi connectivity index (χ4n) is 2.75. The third kappa shape index (κ3) is 4.98. The van der Waals surface area contributed by atoms with Gasteiger partial charge < -0.3 is 5.32 Å². The van der Waals surface area contributed by atoms with Gasteiger partial charge in [0.15, 0.2) is 0 Å². The maximum Gasteiger partial charge on any atom is 0.0540 e. The van der Waals surface area contributed by atoms with E-state index >= 15 is 0 Å². The highest BCUT2D eigenvalue weighted by Crippen LogP contribution is 2.21. The summed E-state index contributed by atoms with van der Waals surface area (Å²) in [5.74, 6) is 1.47. The van der Waals surface area contributed by atoms with E-state index in [4.69, 9.17) is 0 Å². The Bertz CT molecular complexity index is 369. The van der Waals surface area contributed by atoms with Crippen molar-refractivity contribution in [2.45, 2.75) is 66.5 Å². The first-order valence-electron chi connectivity index (χ1n) is 7.55. The molecule has 1 rings (SSSR count). The minimum absolute atomic E-state index is 0.371. The molecule has 0 aliphatic carbocycles. The molecule has 1 heterocycles. The smallest absolute Gasteiger partial charge is 0.0540 e. The van der Waals surface area contributed by atoms with Crippen LogP contribution >= 0.6 is 0 Å². The SMILES string of the molecule is Cc1c(C(C)NC(CC(C)C)CC(C)C)cnn1C. The molecule has 0 amide bonds. The molecule has 3 heteroatoms. The summed E-state index contributed by atoms with van der Waals surface area (Å²) in [5, 5.41) is 8.14. The van der Waals surface area contributed by atoms with Crippen LogP contribution in [0.3, 0.4) is 0 Å². The lowest BCUT2D eigenvalue weighted by Gasteiger charge is -2.26. The lowest BCUT2D eigenvalue weighted by atomic mass is 9.94. The molecule has 1 aromatic heterocycles. The minimum atomic E-state index is 0.371. The Morgan fingerprint density at radius 2 is 1.63 bits per heavy atom. The van der Waals surface area contributed by atoms with Crippen molar-refractivity contribution in [1.82, 2.24) is 15.1 Å². The molecule has 1 atom stereocenters. The third-order valence-corrected chi connectivity index (χ3v) is 3.74. The second kappa shape index (κ2) is 7.09. The van der Waals surface area contributed by atoms with Crippen molar-refractivity contribution in [2.75, 3.05) is 0 Å². The summed E-state index contributed by atoms with van der Waals surface area (Å²) >= 11 is 0. The predicted molar refractivity (Wildman–Crippen MR) is 82.2 cm³/mol. The Balaban J connectivity index is 2.69. The number of hydrogen-bond donors (Lipinski definition) is 1. The van der Waals surface area contributed by atoms with Crippen molar-refractivity contribution in [3.63, 3.8) is 0 Å². The number of rotatable bonds is 7. The molecule has 0 spiro atoms. The van der Waals surface area contributed by atoms with Gasteiger partial charge in [0.05, 0.1) is 6.20 Å². The fourth-order valence-corrected chi connectivity index (χ4v) is 2.75.